The van der Waals surface area contributed by atoms with Gasteiger partial charge in [0, 0.05) is 31.2 Å². The molecule has 0 aliphatic heterocycles. The van der Waals surface area contributed by atoms with Gasteiger partial charge in [0.15, 0.2) is 0 Å². The van der Waals surface area contributed by atoms with Gasteiger partial charge in [-0.3, -0.25) is 0 Å². The molecule has 39 heavy (non-hydrogen) atoms. The zero-order valence-electron chi connectivity index (χ0n) is 26.3. The SMILES string of the molecule is CCOC1(N(CC)c2c[nH]cn2)CC[C@]2(O)CC[C@H]3[C@@H]4CC[C@H]([C@H](C)CCCC(C)C)[C@@]4(C)CC[C@@H]3[C@@]2(C)C1. The molecule has 5 heteroatoms. The van der Waals surface area contributed by atoms with Crippen LogP contribution in [0.25, 0.3) is 0 Å². The topological polar surface area (TPSA) is 61.4 Å². The molecule has 1 aromatic rings. The van der Waals surface area contributed by atoms with Gasteiger partial charge < -0.3 is 19.7 Å². The lowest BCUT2D eigenvalue weighted by Crippen LogP contribution is -2.68. The van der Waals surface area contributed by atoms with Crippen molar-refractivity contribution < 1.29 is 9.84 Å². The number of imidazole rings is 1. The summed E-state index contributed by atoms with van der Waals surface area (Å²) in [5.74, 6) is 5.60. The van der Waals surface area contributed by atoms with E-state index in [9.17, 15) is 5.11 Å². The van der Waals surface area contributed by atoms with Crippen molar-refractivity contribution >= 4 is 5.82 Å². The first-order valence-electron chi connectivity index (χ1n) is 16.7. The fourth-order valence-electron chi connectivity index (χ4n) is 11.1. The second kappa shape index (κ2) is 11.0. The van der Waals surface area contributed by atoms with Crippen LogP contribution in [0, 0.1) is 46.3 Å². The number of aromatic amines is 1. The minimum atomic E-state index is -0.588. The molecule has 0 bridgehead atoms. The van der Waals surface area contributed by atoms with Crippen LogP contribution in [0.2, 0.25) is 0 Å². The number of fused-ring (bicyclic) bond motifs is 5. The van der Waals surface area contributed by atoms with E-state index in [-0.39, 0.29) is 5.41 Å². The fourth-order valence-corrected chi connectivity index (χ4v) is 11.1. The number of ether oxygens (including phenoxy) is 1. The van der Waals surface area contributed by atoms with Gasteiger partial charge in [-0.1, -0.05) is 53.9 Å². The molecule has 222 valence electrons. The smallest absolute Gasteiger partial charge is 0.148 e. The third-order valence-electron chi connectivity index (χ3n) is 13.0. The van der Waals surface area contributed by atoms with Gasteiger partial charge >= 0.3 is 0 Å². The highest BCUT2D eigenvalue weighted by molar-refractivity contribution is 5.40. The van der Waals surface area contributed by atoms with E-state index < -0.39 is 11.3 Å². The molecular weight excluding hydrogens is 482 g/mol. The number of H-pyrrole nitrogens is 1. The molecule has 9 atom stereocenters. The van der Waals surface area contributed by atoms with Crippen LogP contribution >= 0.6 is 0 Å². The number of nitrogens with one attached hydrogen (secondary N) is 1. The van der Waals surface area contributed by atoms with Crippen LogP contribution in [-0.4, -0.2) is 39.6 Å². The van der Waals surface area contributed by atoms with E-state index >= 15 is 0 Å². The normalized spacial score (nSPS) is 42.6. The zero-order chi connectivity index (χ0) is 28.1. The predicted molar refractivity (Wildman–Crippen MR) is 160 cm³/mol. The number of nitrogens with zero attached hydrogens (tertiary/aromatic N) is 2. The number of aromatic nitrogens is 2. The first kappa shape index (κ1) is 29.4. The lowest BCUT2D eigenvalue weighted by molar-refractivity contribution is -0.245. The molecule has 0 saturated heterocycles. The lowest BCUT2D eigenvalue weighted by atomic mass is 9.42. The van der Waals surface area contributed by atoms with E-state index in [4.69, 9.17) is 4.74 Å². The number of rotatable bonds is 10. The highest BCUT2D eigenvalue weighted by atomic mass is 16.5. The Hall–Kier alpha value is -1.07. The van der Waals surface area contributed by atoms with E-state index in [1.54, 1.807) is 6.33 Å². The average Bonchev–Trinajstić information content (AvgIpc) is 3.53. The molecule has 0 amide bonds. The molecule has 4 aliphatic rings. The molecule has 5 rings (SSSR count). The van der Waals surface area contributed by atoms with Crippen LogP contribution in [0.4, 0.5) is 5.82 Å². The van der Waals surface area contributed by atoms with E-state index in [1.807, 2.05) is 6.20 Å². The summed E-state index contributed by atoms with van der Waals surface area (Å²) in [6.07, 6.45) is 18.1. The summed E-state index contributed by atoms with van der Waals surface area (Å²) < 4.78 is 6.76. The summed E-state index contributed by atoms with van der Waals surface area (Å²) in [7, 11) is 0. The molecular formula is C34H59N3O2. The quantitative estimate of drug-likeness (QED) is 0.293. The van der Waals surface area contributed by atoms with Crippen LogP contribution in [0.1, 0.15) is 126 Å². The second-order valence-electron chi connectivity index (χ2n) is 15.1. The molecule has 0 spiro atoms. The Morgan fingerprint density at radius 1 is 1.03 bits per heavy atom. The predicted octanol–water partition coefficient (Wildman–Crippen LogP) is 8.21. The van der Waals surface area contributed by atoms with Crippen LogP contribution in [-0.2, 0) is 4.74 Å². The molecule has 0 radical (unpaired) electrons. The summed E-state index contributed by atoms with van der Waals surface area (Å²) in [5.41, 5.74) is -0.670. The second-order valence-corrected chi connectivity index (χ2v) is 15.1. The molecule has 2 N–H and O–H groups in total. The van der Waals surface area contributed by atoms with Gasteiger partial charge in [0.25, 0.3) is 0 Å². The van der Waals surface area contributed by atoms with Crippen molar-refractivity contribution in [2.45, 2.75) is 137 Å². The third-order valence-corrected chi connectivity index (χ3v) is 13.0. The Bertz CT molecular complexity index is 950. The van der Waals surface area contributed by atoms with Crippen molar-refractivity contribution in [3.05, 3.63) is 12.5 Å². The van der Waals surface area contributed by atoms with Gasteiger partial charge in [-0.15, -0.1) is 0 Å². The maximum Gasteiger partial charge on any atom is 0.148 e. The number of aliphatic hydroxyl groups is 1. The molecule has 4 aliphatic carbocycles. The van der Waals surface area contributed by atoms with Gasteiger partial charge in [-0.2, -0.15) is 0 Å². The van der Waals surface area contributed by atoms with Crippen molar-refractivity contribution in [3.8, 4) is 0 Å². The minimum absolute atomic E-state index is 0.143. The van der Waals surface area contributed by atoms with Crippen molar-refractivity contribution in [3.63, 3.8) is 0 Å². The van der Waals surface area contributed by atoms with Crippen LogP contribution in [0.15, 0.2) is 12.5 Å². The molecule has 4 saturated carbocycles. The first-order valence-corrected chi connectivity index (χ1v) is 16.7. The van der Waals surface area contributed by atoms with Gasteiger partial charge in [0.1, 0.15) is 11.5 Å². The standard InChI is InChI=1S/C34H59N3O2/c1-8-37(30-21-35-23-36-30)34(39-9-2)20-19-33(38)18-15-26-28-14-13-27(25(5)12-10-11-24(3)4)31(28,6)17-16-29(26)32(33,7)22-34/h21,23-29,38H,8-20,22H2,1-7H3,(H,35,36)/t25-,26+,27-,28+,29+,31-,32-,33-,34?/m1/s1. The summed E-state index contributed by atoms with van der Waals surface area (Å²) in [4.78, 5) is 10.2. The highest BCUT2D eigenvalue weighted by Gasteiger charge is 2.67. The first-order chi connectivity index (χ1) is 18.5. The summed E-state index contributed by atoms with van der Waals surface area (Å²) >= 11 is 0. The third kappa shape index (κ3) is 4.80. The summed E-state index contributed by atoms with van der Waals surface area (Å²) in [6, 6.07) is 0. The molecule has 5 nitrogen and oxygen atoms in total. The van der Waals surface area contributed by atoms with Crippen molar-refractivity contribution in [1.82, 2.24) is 9.97 Å². The van der Waals surface area contributed by atoms with Gasteiger partial charge in [0.2, 0.25) is 0 Å². The molecule has 1 heterocycles. The Labute approximate surface area is 239 Å². The Morgan fingerprint density at radius 3 is 2.49 bits per heavy atom. The lowest BCUT2D eigenvalue weighted by Gasteiger charge is -2.66. The summed E-state index contributed by atoms with van der Waals surface area (Å²) in [5, 5.41) is 12.4. The maximum atomic E-state index is 12.4. The monoisotopic (exact) mass is 541 g/mol. The van der Waals surface area contributed by atoms with Crippen molar-refractivity contribution in [2.75, 3.05) is 18.1 Å². The Kier molecular flexibility index (Phi) is 8.27. The van der Waals surface area contributed by atoms with Crippen LogP contribution in [0.5, 0.6) is 0 Å². The maximum absolute atomic E-state index is 12.4. The number of anilines is 1. The van der Waals surface area contributed by atoms with E-state index in [0.29, 0.717) is 17.9 Å². The fraction of sp³-hybridized carbons (Fsp3) is 0.912. The molecule has 0 aromatic carbocycles. The molecule has 1 aromatic heterocycles. The van der Waals surface area contributed by atoms with Gasteiger partial charge in [0.05, 0.1) is 11.9 Å². The largest absolute Gasteiger partial charge is 0.389 e. The van der Waals surface area contributed by atoms with Crippen molar-refractivity contribution in [1.29, 1.82) is 0 Å². The van der Waals surface area contributed by atoms with Crippen molar-refractivity contribution in [2.24, 2.45) is 46.3 Å². The van der Waals surface area contributed by atoms with E-state index in [0.717, 1.165) is 67.6 Å². The number of hydrogen-bond acceptors (Lipinski definition) is 4. The Balaban J connectivity index is 1.41. The average molecular weight is 542 g/mol. The van der Waals surface area contributed by atoms with E-state index in [2.05, 4.69) is 63.3 Å². The summed E-state index contributed by atoms with van der Waals surface area (Å²) in [6.45, 7) is 18.3. The molecule has 1 unspecified atom stereocenters. The minimum Gasteiger partial charge on any atom is -0.389 e. The van der Waals surface area contributed by atoms with Gasteiger partial charge in [-0.05, 0) is 106 Å². The van der Waals surface area contributed by atoms with Crippen LogP contribution < -0.4 is 4.90 Å². The Morgan fingerprint density at radius 2 is 1.82 bits per heavy atom. The highest BCUT2D eigenvalue weighted by Crippen LogP contribution is 2.70. The van der Waals surface area contributed by atoms with E-state index in [1.165, 1.54) is 51.4 Å². The number of hydrogen-bond donors (Lipinski definition) is 2. The zero-order valence-corrected chi connectivity index (χ0v) is 26.3. The van der Waals surface area contributed by atoms with Crippen LogP contribution in [0.3, 0.4) is 0 Å². The van der Waals surface area contributed by atoms with Gasteiger partial charge in [-0.25, -0.2) is 4.98 Å². The molecule has 4 fully saturated rings.